The van der Waals surface area contributed by atoms with Crippen LogP contribution < -0.4 is 16.9 Å². The van der Waals surface area contributed by atoms with Gasteiger partial charge < -0.3 is 11.1 Å². The Bertz CT molecular complexity index is 723. The van der Waals surface area contributed by atoms with Crippen LogP contribution in [0.2, 0.25) is 0 Å². The summed E-state index contributed by atoms with van der Waals surface area (Å²) in [5.41, 5.74) is 5.25. The molecule has 0 saturated heterocycles. The fourth-order valence-electron chi connectivity index (χ4n) is 1.67. The number of anilines is 2. The summed E-state index contributed by atoms with van der Waals surface area (Å²) in [6.45, 7) is 0. The maximum absolute atomic E-state index is 13.1. The summed E-state index contributed by atoms with van der Waals surface area (Å²) >= 11 is 0. The lowest BCUT2D eigenvalue weighted by Gasteiger charge is -2.11. The summed E-state index contributed by atoms with van der Waals surface area (Å²) in [7, 11) is 1.29. The Morgan fingerprint density at radius 1 is 1.27 bits per heavy atom. The summed E-state index contributed by atoms with van der Waals surface area (Å²) in [4.78, 5) is 27.4. The highest BCUT2D eigenvalue weighted by atomic mass is 19.1. The third kappa shape index (κ3) is 3.01. The minimum atomic E-state index is -0.853. The second-order valence-electron chi connectivity index (χ2n) is 4.35. The summed E-state index contributed by atoms with van der Waals surface area (Å²) in [6.07, 6.45) is 1.02. The zero-order chi connectivity index (χ0) is 16.4. The van der Waals surface area contributed by atoms with Crippen LogP contribution in [0.15, 0.2) is 24.5 Å². The van der Waals surface area contributed by atoms with Gasteiger partial charge in [0.1, 0.15) is 23.8 Å². The molecule has 10 heteroatoms. The number of hydrogen-bond donors (Lipinski definition) is 3. The topological polar surface area (TPSA) is 119 Å². The van der Waals surface area contributed by atoms with Crippen LogP contribution in [0.25, 0.3) is 0 Å². The first kappa shape index (κ1) is 15.4. The number of rotatable bonds is 2. The van der Waals surface area contributed by atoms with Gasteiger partial charge in [-0.1, -0.05) is 0 Å². The van der Waals surface area contributed by atoms with Gasteiger partial charge in [-0.3, -0.25) is 9.80 Å². The van der Waals surface area contributed by atoms with Crippen molar-refractivity contribution in [3.8, 4) is 0 Å². The van der Waals surface area contributed by atoms with Crippen molar-refractivity contribution in [3.63, 3.8) is 0 Å². The Morgan fingerprint density at radius 3 is 2.41 bits per heavy atom. The van der Waals surface area contributed by atoms with Crippen molar-refractivity contribution in [2.24, 2.45) is 5.84 Å². The van der Waals surface area contributed by atoms with Gasteiger partial charge in [-0.05, 0) is 12.1 Å². The molecule has 0 aliphatic rings. The molecule has 0 saturated carbocycles. The van der Waals surface area contributed by atoms with E-state index in [0.717, 1.165) is 28.0 Å². The molecule has 0 unspecified atom stereocenters. The number of nitrogen functional groups attached to an aromatic ring is 1. The summed E-state index contributed by atoms with van der Waals surface area (Å²) < 4.78 is 27.0. The van der Waals surface area contributed by atoms with E-state index in [-0.39, 0.29) is 17.2 Å². The summed E-state index contributed by atoms with van der Waals surface area (Å²) in [6, 6.07) is 1.80. The molecule has 0 atom stereocenters. The minimum absolute atomic E-state index is 0.112. The maximum Gasteiger partial charge on any atom is 0.344 e. The molecule has 0 radical (unpaired) electrons. The number of nitrogens with zero attached hydrogens (tertiary/aromatic N) is 3. The van der Waals surface area contributed by atoms with Crippen LogP contribution in [0.1, 0.15) is 10.5 Å². The molecular weight excluding hydrogens is 298 g/mol. The van der Waals surface area contributed by atoms with Gasteiger partial charge >= 0.3 is 6.03 Å². The van der Waals surface area contributed by atoms with Crippen molar-refractivity contribution in [2.75, 3.05) is 18.1 Å². The van der Waals surface area contributed by atoms with Gasteiger partial charge in [-0.15, -0.1) is 0 Å². The largest absolute Gasteiger partial charge is 0.383 e. The Hall–Kier alpha value is -3.01. The van der Waals surface area contributed by atoms with Crippen LogP contribution in [-0.4, -0.2) is 33.5 Å². The Balaban J connectivity index is 2.25. The van der Waals surface area contributed by atoms with Gasteiger partial charge in [0, 0.05) is 18.8 Å². The number of carbonyl (C=O) groups is 2. The zero-order valence-electron chi connectivity index (χ0n) is 11.4. The van der Waals surface area contributed by atoms with Crippen LogP contribution in [0.3, 0.4) is 0 Å². The van der Waals surface area contributed by atoms with E-state index in [9.17, 15) is 18.4 Å². The molecule has 1 heterocycles. The SMILES string of the molecule is CN(N)C(=O)n1cnc(C(=O)Nc2cc(F)cc(F)c2)c1N. The Kier molecular flexibility index (Phi) is 4.04. The number of nitrogens with two attached hydrogens (primary N) is 2. The molecule has 22 heavy (non-hydrogen) atoms. The second-order valence-corrected chi connectivity index (χ2v) is 4.35. The average Bonchev–Trinajstić information content (AvgIpc) is 2.78. The number of hydrazine groups is 1. The Labute approximate surface area is 123 Å². The number of benzene rings is 1. The summed E-state index contributed by atoms with van der Waals surface area (Å²) in [5.74, 6) is 2.49. The van der Waals surface area contributed by atoms with E-state index in [2.05, 4.69) is 10.3 Å². The van der Waals surface area contributed by atoms with Gasteiger partial charge in [-0.2, -0.15) is 0 Å². The molecule has 0 spiro atoms. The van der Waals surface area contributed by atoms with Gasteiger partial charge in [0.2, 0.25) is 0 Å². The van der Waals surface area contributed by atoms with Crippen molar-refractivity contribution < 1.29 is 18.4 Å². The van der Waals surface area contributed by atoms with Crippen molar-refractivity contribution >= 4 is 23.4 Å². The molecule has 8 nitrogen and oxygen atoms in total. The number of halogens is 2. The van der Waals surface area contributed by atoms with E-state index >= 15 is 0 Å². The third-order valence-electron chi connectivity index (χ3n) is 2.65. The molecular formula is C12H12F2N6O2. The van der Waals surface area contributed by atoms with Crippen molar-refractivity contribution in [1.29, 1.82) is 0 Å². The zero-order valence-corrected chi connectivity index (χ0v) is 11.4. The molecule has 116 valence electrons. The van der Waals surface area contributed by atoms with Gasteiger partial charge in [-0.25, -0.2) is 29.0 Å². The van der Waals surface area contributed by atoms with Crippen molar-refractivity contribution in [3.05, 3.63) is 41.9 Å². The maximum atomic E-state index is 13.1. The lowest BCUT2D eigenvalue weighted by molar-refractivity contribution is 0.102. The fraction of sp³-hybridized carbons (Fsp3) is 0.0833. The molecule has 0 bridgehead atoms. The molecule has 1 aromatic heterocycles. The number of carbonyl (C=O) groups excluding carboxylic acids is 2. The monoisotopic (exact) mass is 310 g/mol. The molecule has 2 amide bonds. The lowest BCUT2D eigenvalue weighted by atomic mass is 10.3. The number of aromatic nitrogens is 2. The average molecular weight is 310 g/mol. The summed E-state index contributed by atoms with van der Waals surface area (Å²) in [5, 5.41) is 2.98. The van der Waals surface area contributed by atoms with Crippen LogP contribution in [0, 0.1) is 11.6 Å². The van der Waals surface area contributed by atoms with Crippen LogP contribution >= 0.6 is 0 Å². The predicted octanol–water partition coefficient (Wildman–Crippen LogP) is 0.769. The second kappa shape index (κ2) is 5.77. The normalized spacial score (nSPS) is 10.4. The lowest BCUT2D eigenvalue weighted by Crippen LogP contribution is -2.37. The van der Waals surface area contributed by atoms with Crippen LogP contribution in [0.5, 0.6) is 0 Å². The first-order valence-electron chi connectivity index (χ1n) is 5.92. The van der Waals surface area contributed by atoms with Crippen LogP contribution in [0.4, 0.5) is 25.1 Å². The molecule has 0 aliphatic heterocycles. The van der Waals surface area contributed by atoms with E-state index in [4.69, 9.17) is 11.6 Å². The molecule has 1 aromatic carbocycles. The molecule has 2 rings (SSSR count). The van der Waals surface area contributed by atoms with E-state index in [0.29, 0.717) is 6.07 Å². The third-order valence-corrected chi connectivity index (χ3v) is 2.65. The Morgan fingerprint density at radius 2 is 1.86 bits per heavy atom. The number of nitrogens with one attached hydrogen (secondary N) is 1. The van der Waals surface area contributed by atoms with E-state index in [1.165, 1.54) is 7.05 Å². The smallest absolute Gasteiger partial charge is 0.344 e. The molecule has 0 fully saturated rings. The van der Waals surface area contributed by atoms with E-state index < -0.39 is 23.6 Å². The van der Waals surface area contributed by atoms with Crippen molar-refractivity contribution in [2.45, 2.75) is 0 Å². The quantitative estimate of drug-likeness (QED) is 0.430. The fourth-order valence-corrected chi connectivity index (χ4v) is 1.67. The highest BCUT2D eigenvalue weighted by molar-refractivity contribution is 6.06. The molecule has 5 N–H and O–H groups in total. The van der Waals surface area contributed by atoms with Crippen molar-refractivity contribution in [1.82, 2.24) is 14.6 Å². The highest BCUT2D eigenvalue weighted by Crippen LogP contribution is 2.16. The minimum Gasteiger partial charge on any atom is -0.383 e. The van der Waals surface area contributed by atoms with Gasteiger partial charge in [0.25, 0.3) is 5.91 Å². The van der Waals surface area contributed by atoms with Gasteiger partial charge in [0.15, 0.2) is 5.69 Å². The standard InChI is InChI=1S/C12H12F2N6O2/c1-19(16)12(22)20-5-17-9(10(20)15)11(21)18-8-3-6(13)2-7(14)4-8/h2-5H,15-16H2,1H3,(H,18,21). The first-order valence-corrected chi connectivity index (χ1v) is 5.92. The number of imidazole rings is 1. The van der Waals surface area contributed by atoms with Crippen LogP contribution in [-0.2, 0) is 0 Å². The number of amides is 2. The highest BCUT2D eigenvalue weighted by Gasteiger charge is 2.20. The first-order chi connectivity index (χ1) is 10.3. The molecule has 2 aromatic rings. The van der Waals surface area contributed by atoms with E-state index in [1.807, 2.05) is 0 Å². The molecule has 0 aliphatic carbocycles. The number of hydrogen-bond acceptors (Lipinski definition) is 5. The van der Waals surface area contributed by atoms with E-state index in [1.54, 1.807) is 0 Å². The predicted molar refractivity (Wildman–Crippen MR) is 73.7 cm³/mol. The van der Waals surface area contributed by atoms with Gasteiger partial charge in [0.05, 0.1) is 0 Å².